The maximum absolute atomic E-state index is 10.8. The molecule has 0 amide bonds. The van der Waals surface area contributed by atoms with Crippen LogP contribution in [0.3, 0.4) is 0 Å². The zero-order valence-corrected chi connectivity index (χ0v) is 8.29. The van der Waals surface area contributed by atoms with Gasteiger partial charge < -0.3 is 10.2 Å². The Labute approximate surface area is 89.4 Å². The molecule has 2 atom stereocenters. The van der Waals surface area contributed by atoms with Gasteiger partial charge in [0.2, 0.25) is 0 Å². The van der Waals surface area contributed by atoms with Crippen molar-refractivity contribution in [2.24, 2.45) is 0 Å². The Morgan fingerprint density at radius 1 is 1.43 bits per heavy atom. The van der Waals surface area contributed by atoms with Crippen LogP contribution in [-0.2, 0) is 9.59 Å². The maximum atomic E-state index is 10.8. The largest absolute Gasteiger partial charge is 0.480 e. The number of aliphatic carboxylic acids is 2. The van der Waals surface area contributed by atoms with E-state index in [1.54, 1.807) is 0 Å². The van der Waals surface area contributed by atoms with Crippen LogP contribution in [0.4, 0.5) is 0 Å². The lowest BCUT2D eigenvalue weighted by atomic mass is 9.93. The first-order valence-corrected chi connectivity index (χ1v) is 4.40. The molecule has 0 spiro atoms. The van der Waals surface area contributed by atoms with Crippen LogP contribution in [0.15, 0.2) is 23.8 Å². The molecule has 0 fully saturated rings. The molecule has 0 heterocycles. The van der Waals surface area contributed by atoms with Crippen LogP contribution in [0.25, 0.3) is 0 Å². The van der Waals surface area contributed by atoms with Gasteiger partial charge in [0.25, 0.3) is 0 Å². The SMILES string of the molecule is O=C(O)C1=CC=CC(Cl)(C(=O)O)C1Cl. The average Bonchev–Trinajstić information content (AvgIpc) is 2.09. The standard InChI is InChI=1S/C8H6Cl2O4/c9-5-4(6(11)12)2-1-3-8(5,10)7(13)14/h1-3,5H,(H,11,12)(H,13,14). The average molecular weight is 237 g/mol. The molecule has 0 aromatic rings. The summed E-state index contributed by atoms with van der Waals surface area (Å²) in [5.41, 5.74) is -0.230. The minimum Gasteiger partial charge on any atom is -0.480 e. The van der Waals surface area contributed by atoms with Gasteiger partial charge in [-0.15, -0.1) is 23.2 Å². The summed E-state index contributed by atoms with van der Waals surface area (Å²) in [6.07, 6.45) is 3.65. The molecule has 1 rings (SSSR count). The van der Waals surface area contributed by atoms with Gasteiger partial charge in [-0.3, -0.25) is 0 Å². The van der Waals surface area contributed by atoms with Crippen molar-refractivity contribution in [3.8, 4) is 0 Å². The number of carboxylic acid groups (broad SMARTS) is 2. The van der Waals surface area contributed by atoms with E-state index in [1.807, 2.05) is 0 Å². The lowest BCUT2D eigenvalue weighted by Crippen LogP contribution is -2.43. The minimum atomic E-state index is -1.88. The second-order valence-electron chi connectivity index (χ2n) is 2.72. The van der Waals surface area contributed by atoms with Crippen molar-refractivity contribution in [2.45, 2.75) is 10.3 Å². The summed E-state index contributed by atoms with van der Waals surface area (Å²) in [4.78, 5) is 19.5. The Hall–Kier alpha value is -1.00. The monoisotopic (exact) mass is 236 g/mol. The van der Waals surface area contributed by atoms with E-state index in [-0.39, 0.29) is 5.57 Å². The van der Waals surface area contributed by atoms with Gasteiger partial charge in [-0.05, 0) is 0 Å². The van der Waals surface area contributed by atoms with E-state index in [1.165, 1.54) is 12.2 Å². The van der Waals surface area contributed by atoms with Crippen molar-refractivity contribution in [3.63, 3.8) is 0 Å². The molecule has 6 heteroatoms. The quantitative estimate of drug-likeness (QED) is 0.708. The molecular formula is C8H6Cl2O4. The number of carboxylic acids is 2. The molecule has 0 saturated heterocycles. The van der Waals surface area contributed by atoms with E-state index in [0.717, 1.165) is 6.08 Å². The molecule has 4 nitrogen and oxygen atoms in total. The molecular weight excluding hydrogens is 231 g/mol. The molecule has 0 aromatic heterocycles. The van der Waals surface area contributed by atoms with Crippen LogP contribution < -0.4 is 0 Å². The van der Waals surface area contributed by atoms with E-state index in [4.69, 9.17) is 33.4 Å². The third-order valence-corrected chi connectivity index (χ3v) is 3.03. The number of hydrogen-bond donors (Lipinski definition) is 2. The third kappa shape index (κ3) is 1.63. The summed E-state index contributed by atoms with van der Waals surface area (Å²) in [5, 5.41) is 16.2. The van der Waals surface area contributed by atoms with Crippen molar-refractivity contribution in [1.29, 1.82) is 0 Å². The third-order valence-electron chi connectivity index (χ3n) is 1.83. The van der Waals surface area contributed by atoms with Crippen molar-refractivity contribution >= 4 is 35.1 Å². The molecule has 76 valence electrons. The van der Waals surface area contributed by atoms with Crippen molar-refractivity contribution in [2.75, 3.05) is 0 Å². The molecule has 0 aromatic carbocycles. The molecule has 14 heavy (non-hydrogen) atoms. The fourth-order valence-electron chi connectivity index (χ4n) is 1.05. The first-order valence-electron chi connectivity index (χ1n) is 3.58. The first kappa shape index (κ1) is 11.1. The fraction of sp³-hybridized carbons (Fsp3) is 0.250. The molecule has 1 aliphatic carbocycles. The van der Waals surface area contributed by atoms with Gasteiger partial charge in [0.15, 0.2) is 4.87 Å². The molecule has 0 radical (unpaired) electrons. The molecule has 0 aliphatic heterocycles. The Morgan fingerprint density at radius 3 is 2.43 bits per heavy atom. The Bertz CT molecular complexity index is 347. The van der Waals surface area contributed by atoms with Gasteiger partial charge in [-0.25, -0.2) is 9.59 Å². The summed E-state index contributed by atoms with van der Waals surface area (Å²) in [6, 6.07) is 0. The zero-order valence-electron chi connectivity index (χ0n) is 6.78. The number of carbonyl (C=O) groups is 2. The van der Waals surface area contributed by atoms with Crippen LogP contribution >= 0.6 is 23.2 Å². The second kappa shape index (κ2) is 3.63. The van der Waals surface area contributed by atoms with Gasteiger partial charge in [-0.2, -0.15) is 0 Å². The summed E-state index contributed by atoms with van der Waals surface area (Å²) >= 11 is 11.3. The fourth-order valence-corrected chi connectivity index (χ4v) is 1.57. The van der Waals surface area contributed by atoms with E-state index in [0.29, 0.717) is 0 Å². The maximum Gasteiger partial charge on any atom is 0.333 e. The van der Waals surface area contributed by atoms with Gasteiger partial charge in [-0.1, -0.05) is 18.2 Å². The molecule has 1 aliphatic rings. The van der Waals surface area contributed by atoms with Crippen molar-refractivity contribution in [1.82, 2.24) is 0 Å². The number of alkyl halides is 2. The predicted molar refractivity (Wildman–Crippen MR) is 50.7 cm³/mol. The normalized spacial score (nSPS) is 31.0. The van der Waals surface area contributed by atoms with E-state index in [9.17, 15) is 9.59 Å². The highest BCUT2D eigenvalue weighted by Crippen LogP contribution is 2.34. The molecule has 2 N–H and O–H groups in total. The summed E-state index contributed by atoms with van der Waals surface area (Å²) < 4.78 is 0. The van der Waals surface area contributed by atoms with Crippen LogP contribution in [0.1, 0.15) is 0 Å². The number of halogens is 2. The second-order valence-corrected chi connectivity index (χ2v) is 3.78. The van der Waals surface area contributed by atoms with Crippen LogP contribution in [0.5, 0.6) is 0 Å². The van der Waals surface area contributed by atoms with Crippen LogP contribution in [0, 0.1) is 0 Å². The minimum absolute atomic E-state index is 0.230. The molecule has 0 bridgehead atoms. The zero-order chi connectivity index (χ0) is 10.9. The van der Waals surface area contributed by atoms with Crippen molar-refractivity contribution < 1.29 is 19.8 Å². The predicted octanol–water partition coefficient (Wildman–Crippen LogP) is 1.24. The number of rotatable bonds is 2. The van der Waals surface area contributed by atoms with E-state index >= 15 is 0 Å². The van der Waals surface area contributed by atoms with Gasteiger partial charge in [0.1, 0.15) is 0 Å². The van der Waals surface area contributed by atoms with Crippen molar-refractivity contribution in [3.05, 3.63) is 23.8 Å². The number of allylic oxidation sites excluding steroid dienone is 2. The van der Waals surface area contributed by atoms with Crippen LogP contribution in [0.2, 0.25) is 0 Å². The summed E-state index contributed by atoms with van der Waals surface area (Å²) in [6.45, 7) is 0. The lowest BCUT2D eigenvalue weighted by Gasteiger charge is -2.26. The lowest BCUT2D eigenvalue weighted by molar-refractivity contribution is -0.138. The summed E-state index contributed by atoms with van der Waals surface area (Å²) in [7, 11) is 0. The highest BCUT2D eigenvalue weighted by Gasteiger charge is 2.46. The first-order chi connectivity index (χ1) is 6.39. The van der Waals surface area contributed by atoms with E-state index < -0.39 is 22.2 Å². The Balaban J connectivity index is 3.11. The smallest absolute Gasteiger partial charge is 0.333 e. The number of hydrogen-bond acceptors (Lipinski definition) is 2. The van der Waals surface area contributed by atoms with Gasteiger partial charge >= 0.3 is 11.9 Å². The topological polar surface area (TPSA) is 74.6 Å². The van der Waals surface area contributed by atoms with E-state index in [2.05, 4.69) is 0 Å². The van der Waals surface area contributed by atoms with Crippen LogP contribution in [-0.4, -0.2) is 32.4 Å². The highest BCUT2D eigenvalue weighted by atomic mass is 35.5. The van der Waals surface area contributed by atoms with Gasteiger partial charge in [0.05, 0.1) is 11.0 Å². The molecule has 0 saturated carbocycles. The Morgan fingerprint density at radius 2 is 2.00 bits per heavy atom. The molecule has 2 unspecified atom stereocenters. The van der Waals surface area contributed by atoms with Gasteiger partial charge in [0, 0.05) is 0 Å². The Kier molecular flexibility index (Phi) is 2.87. The highest BCUT2D eigenvalue weighted by molar-refractivity contribution is 6.43. The summed E-state index contributed by atoms with van der Waals surface area (Å²) in [5.74, 6) is -2.65.